The first-order chi connectivity index (χ1) is 10.4. The highest BCUT2D eigenvalue weighted by molar-refractivity contribution is 5.53. The van der Waals surface area contributed by atoms with E-state index < -0.39 is 0 Å². The molecule has 4 nitrogen and oxygen atoms in total. The first-order valence-electron chi connectivity index (χ1n) is 7.62. The molecule has 1 aliphatic heterocycles. The Balaban J connectivity index is 0.00000106. The lowest BCUT2D eigenvalue weighted by molar-refractivity contribution is -0.112. The Labute approximate surface area is 127 Å². The first-order valence-corrected chi connectivity index (χ1v) is 7.62. The number of benzene rings is 1. The third kappa shape index (κ3) is 7.37. The van der Waals surface area contributed by atoms with Gasteiger partial charge in [0, 0.05) is 19.6 Å². The number of carbonyl (C=O) groups is 1. The zero-order valence-electron chi connectivity index (χ0n) is 12.9. The molecule has 1 fully saturated rings. The molecule has 1 aromatic rings. The average Bonchev–Trinajstić information content (AvgIpc) is 2.58. The van der Waals surface area contributed by atoms with E-state index in [9.17, 15) is 4.79 Å². The van der Waals surface area contributed by atoms with E-state index in [4.69, 9.17) is 9.84 Å². The van der Waals surface area contributed by atoms with Crippen LogP contribution in [-0.4, -0.2) is 56.3 Å². The van der Waals surface area contributed by atoms with Gasteiger partial charge < -0.3 is 19.5 Å². The molecule has 0 spiro atoms. The molecule has 0 bridgehead atoms. The van der Waals surface area contributed by atoms with Crippen LogP contribution in [0.2, 0.25) is 0 Å². The molecule has 1 aromatic carbocycles. The van der Waals surface area contributed by atoms with E-state index in [1.165, 1.54) is 5.56 Å². The third-order valence-corrected chi connectivity index (χ3v) is 3.75. The molecule has 0 unspecified atom stereocenters. The normalized spacial score (nSPS) is 16.1. The zero-order valence-corrected chi connectivity index (χ0v) is 12.9. The fraction of sp³-hybridized carbons (Fsp3) is 0.588. The van der Waals surface area contributed by atoms with Crippen molar-refractivity contribution < 1.29 is 14.6 Å². The monoisotopic (exact) mass is 293 g/mol. The largest absolute Gasteiger partial charge is 0.400 e. The van der Waals surface area contributed by atoms with Gasteiger partial charge in [-0.15, -0.1) is 0 Å². The number of aliphatic hydroxyl groups is 1. The highest BCUT2D eigenvalue weighted by Gasteiger charge is 2.17. The summed E-state index contributed by atoms with van der Waals surface area (Å²) in [6.45, 7) is 4.63. The van der Waals surface area contributed by atoms with Gasteiger partial charge in [0.05, 0.1) is 13.2 Å². The molecule has 1 aliphatic rings. The smallest absolute Gasteiger partial charge is 0.123 e. The zero-order chi connectivity index (χ0) is 15.3. The Morgan fingerprint density at radius 2 is 1.86 bits per heavy atom. The molecule has 1 saturated heterocycles. The maximum absolute atomic E-state index is 10.7. The molecule has 21 heavy (non-hydrogen) atoms. The van der Waals surface area contributed by atoms with Gasteiger partial charge in [-0.05, 0) is 37.9 Å². The minimum Gasteiger partial charge on any atom is -0.400 e. The van der Waals surface area contributed by atoms with Gasteiger partial charge in [-0.3, -0.25) is 0 Å². The van der Waals surface area contributed by atoms with E-state index in [2.05, 4.69) is 29.2 Å². The van der Waals surface area contributed by atoms with E-state index in [0.717, 1.165) is 65.5 Å². The van der Waals surface area contributed by atoms with Crippen LogP contribution < -0.4 is 0 Å². The van der Waals surface area contributed by atoms with Gasteiger partial charge in [-0.2, -0.15) is 0 Å². The van der Waals surface area contributed by atoms with E-state index in [-0.39, 0.29) is 5.92 Å². The van der Waals surface area contributed by atoms with Crippen LogP contribution in [0.4, 0.5) is 0 Å². The molecule has 0 aromatic heterocycles. The fourth-order valence-corrected chi connectivity index (χ4v) is 2.44. The topological polar surface area (TPSA) is 49.8 Å². The lowest BCUT2D eigenvalue weighted by Gasteiger charge is -2.29. The van der Waals surface area contributed by atoms with Gasteiger partial charge in [0.25, 0.3) is 0 Å². The van der Waals surface area contributed by atoms with Crippen LogP contribution in [-0.2, 0) is 16.0 Å². The highest BCUT2D eigenvalue weighted by atomic mass is 16.5. The van der Waals surface area contributed by atoms with Crippen LogP contribution in [0.15, 0.2) is 30.3 Å². The predicted molar refractivity (Wildman–Crippen MR) is 84.3 cm³/mol. The Morgan fingerprint density at radius 3 is 2.48 bits per heavy atom. The number of carbonyl (C=O) groups excluding carboxylic acids is 1. The maximum Gasteiger partial charge on any atom is 0.123 e. The van der Waals surface area contributed by atoms with Crippen molar-refractivity contribution in [1.29, 1.82) is 0 Å². The Bertz CT molecular complexity index is 362. The number of likely N-dealkylation sites (tertiary alicyclic amines) is 1. The second kappa shape index (κ2) is 11.4. The third-order valence-electron chi connectivity index (χ3n) is 3.75. The van der Waals surface area contributed by atoms with Crippen molar-refractivity contribution in [2.75, 3.05) is 40.0 Å². The molecule has 0 aliphatic carbocycles. The van der Waals surface area contributed by atoms with Crippen molar-refractivity contribution in [1.82, 2.24) is 4.90 Å². The van der Waals surface area contributed by atoms with Crippen LogP contribution in [0, 0.1) is 5.92 Å². The van der Waals surface area contributed by atoms with Crippen LogP contribution in [0.25, 0.3) is 0 Å². The molecule has 0 atom stereocenters. The van der Waals surface area contributed by atoms with Crippen molar-refractivity contribution in [3.63, 3.8) is 0 Å². The van der Waals surface area contributed by atoms with E-state index in [1.54, 1.807) is 0 Å². The molecule has 0 amide bonds. The molecule has 0 saturated carbocycles. The van der Waals surface area contributed by atoms with Gasteiger partial charge in [-0.1, -0.05) is 30.3 Å². The number of hydrogen-bond donors (Lipinski definition) is 1. The summed E-state index contributed by atoms with van der Waals surface area (Å²) in [5, 5.41) is 7.00. The number of nitrogens with zero attached hydrogens (tertiary/aromatic N) is 1. The average molecular weight is 293 g/mol. The Hall–Kier alpha value is -1.23. The Morgan fingerprint density at radius 1 is 1.19 bits per heavy atom. The van der Waals surface area contributed by atoms with E-state index in [0.29, 0.717) is 0 Å². The second-order valence-electron chi connectivity index (χ2n) is 5.16. The van der Waals surface area contributed by atoms with Crippen LogP contribution in [0.1, 0.15) is 18.4 Å². The number of aliphatic hydroxyl groups excluding tert-OH is 1. The van der Waals surface area contributed by atoms with Crippen molar-refractivity contribution >= 4 is 6.29 Å². The SMILES string of the molecule is CO.O=CC1CCN(CCOCCc2ccccc2)CC1. The minimum atomic E-state index is 0.287. The quantitative estimate of drug-likeness (QED) is 0.615. The molecule has 2 rings (SSSR count). The number of hydrogen-bond acceptors (Lipinski definition) is 4. The summed E-state index contributed by atoms with van der Waals surface area (Å²) in [4.78, 5) is 13.0. The molecule has 118 valence electrons. The summed E-state index contributed by atoms with van der Waals surface area (Å²) in [6, 6.07) is 10.4. The van der Waals surface area contributed by atoms with E-state index >= 15 is 0 Å². The highest BCUT2D eigenvalue weighted by Crippen LogP contribution is 2.14. The number of piperidine rings is 1. The molecule has 1 N–H and O–H groups in total. The van der Waals surface area contributed by atoms with Gasteiger partial charge in [-0.25, -0.2) is 0 Å². The first kappa shape index (κ1) is 17.8. The van der Waals surface area contributed by atoms with Crippen LogP contribution in [0.3, 0.4) is 0 Å². The lowest BCUT2D eigenvalue weighted by atomic mass is 9.99. The summed E-state index contributed by atoms with van der Waals surface area (Å²) in [5.74, 6) is 0.287. The maximum atomic E-state index is 10.7. The Kier molecular flexibility index (Phi) is 9.70. The predicted octanol–water partition coefficient (Wildman–Crippen LogP) is 1.77. The van der Waals surface area contributed by atoms with Crippen molar-refractivity contribution in [2.45, 2.75) is 19.3 Å². The summed E-state index contributed by atoms with van der Waals surface area (Å²) in [5.41, 5.74) is 1.33. The van der Waals surface area contributed by atoms with Gasteiger partial charge in [0.15, 0.2) is 0 Å². The molecular weight excluding hydrogens is 266 g/mol. The summed E-state index contributed by atoms with van der Waals surface area (Å²) < 4.78 is 5.68. The van der Waals surface area contributed by atoms with Crippen LogP contribution >= 0.6 is 0 Å². The van der Waals surface area contributed by atoms with Crippen molar-refractivity contribution in [2.24, 2.45) is 5.92 Å². The van der Waals surface area contributed by atoms with E-state index in [1.807, 2.05) is 6.07 Å². The molecular formula is C17H27NO3. The molecule has 1 heterocycles. The number of aldehydes is 1. The van der Waals surface area contributed by atoms with Gasteiger partial charge >= 0.3 is 0 Å². The van der Waals surface area contributed by atoms with Crippen molar-refractivity contribution in [3.05, 3.63) is 35.9 Å². The summed E-state index contributed by atoms with van der Waals surface area (Å²) >= 11 is 0. The van der Waals surface area contributed by atoms with Crippen molar-refractivity contribution in [3.8, 4) is 0 Å². The lowest BCUT2D eigenvalue weighted by Crippen LogP contribution is -2.36. The summed E-state index contributed by atoms with van der Waals surface area (Å²) in [6.07, 6.45) is 4.10. The molecule has 0 radical (unpaired) electrons. The number of ether oxygens (including phenoxy) is 1. The van der Waals surface area contributed by atoms with Gasteiger partial charge in [0.2, 0.25) is 0 Å². The number of rotatable bonds is 7. The van der Waals surface area contributed by atoms with Gasteiger partial charge in [0.1, 0.15) is 6.29 Å². The molecule has 4 heteroatoms. The standard InChI is InChI=1S/C16H23NO2.CH4O/c18-14-16-6-9-17(10-7-16)11-13-19-12-8-15-4-2-1-3-5-15;1-2/h1-5,14,16H,6-13H2;2H,1H3. The second-order valence-corrected chi connectivity index (χ2v) is 5.16. The summed E-state index contributed by atoms with van der Waals surface area (Å²) in [7, 11) is 1.00. The fourth-order valence-electron chi connectivity index (χ4n) is 2.44. The van der Waals surface area contributed by atoms with Crippen LogP contribution in [0.5, 0.6) is 0 Å². The minimum absolute atomic E-state index is 0.287.